The van der Waals surface area contributed by atoms with E-state index in [1.54, 1.807) is 0 Å². The predicted molar refractivity (Wildman–Crippen MR) is 74.4 cm³/mol. The fourth-order valence-electron chi connectivity index (χ4n) is 1.27. The first kappa shape index (κ1) is 14.1. The molecule has 0 unspecified atom stereocenters. The Morgan fingerprint density at radius 3 is 2.82 bits per heavy atom. The molecule has 1 rings (SSSR count). The molecule has 90 valence electrons. The molecule has 0 spiro atoms. The molecular weight excluding hydrogens is 354 g/mol. The number of carbonyl (C=O) groups is 1. The van der Waals surface area contributed by atoms with Crippen molar-refractivity contribution in [2.24, 2.45) is 0 Å². The predicted octanol–water partition coefficient (Wildman–Crippen LogP) is 3.17. The van der Waals surface area contributed by atoms with E-state index in [9.17, 15) is 4.79 Å². The summed E-state index contributed by atoms with van der Waals surface area (Å²) in [4.78, 5) is 11.1. The maximum absolute atomic E-state index is 11.1. The number of nitrogens with zero attached hydrogens (tertiary/aromatic N) is 1. The van der Waals surface area contributed by atoms with Crippen molar-refractivity contribution in [3.8, 4) is 11.8 Å². The summed E-state index contributed by atoms with van der Waals surface area (Å²) in [6.45, 7) is 3.66. The van der Waals surface area contributed by atoms with E-state index in [4.69, 9.17) is 21.6 Å². The number of rotatable bonds is 3. The fraction of sp³-hybridized carbons (Fsp3) is 0.273. The van der Waals surface area contributed by atoms with Gasteiger partial charge in [-0.2, -0.15) is 5.26 Å². The van der Waals surface area contributed by atoms with Gasteiger partial charge in [0, 0.05) is 6.92 Å². The van der Waals surface area contributed by atoms with Crippen LogP contribution in [0.25, 0.3) is 0 Å². The second kappa shape index (κ2) is 6.07. The topological polar surface area (TPSA) is 62.1 Å². The summed E-state index contributed by atoms with van der Waals surface area (Å²) in [6.07, 6.45) is 0. The summed E-state index contributed by atoms with van der Waals surface area (Å²) in [5, 5.41) is 11.9. The van der Waals surface area contributed by atoms with Crippen molar-refractivity contribution < 1.29 is 9.53 Å². The van der Waals surface area contributed by atoms with E-state index >= 15 is 0 Å². The summed E-state index contributed by atoms with van der Waals surface area (Å²) in [5.41, 5.74) is 0.831. The molecule has 4 nitrogen and oxygen atoms in total. The quantitative estimate of drug-likeness (QED) is 0.838. The standard InChI is InChI=1S/C11H10ClIN2O2/c1-3-17-11-9(15-6(2)16)4-8(12)7(5-14)10(11)13/h4H,3H2,1-2H3,(H,15,16). The van der Waals surface area contributed by atoms with Crippen LogP contribution in [0.1, 0.15) is 19.4 Å². The van der Waals surface area contributed by atoms with E-state index in [1.807, 2.05) is 35.6 Å². The number of nitriles is 1. The van der Waals surface area contributed by atoms with Gasteiger partial charge >= 0.3 is 0 Å². The molecule has 0 saturated heterocycles. The first-order valence-corrected chi connectivity index (χ1v) is 6.29. The minimum absolute atomic E-state index is 0.220. The average Bonchev–Trinajstić information content (AvgIpc) is 2.23. The van der Waals surface area contributed by atoms with Gasteiger partial charge in [-0.05, 0) is 35.6 Å². The van der Waals surface area contributed by atoms with Crippen LogP contribution in [0.4, 0.5) is 5.69 Å². The van der Waals surface area contributed by atoms with Crippen molar-refractivity contribution in [1.82, 2.24) is 0 Å². The highest BCUT2D eigenvalue weighted by atomic mass is 127. The Hall–Kier alpha value is -1.00. The van der Waals surface area contributed by atoms with Crippen LogP contribution in [0.2, 0.25) is 5.02 Å². The number of hydrogen-bond acceptors (Lipinski definition) is 3. The highest BCUT2D eigenvalue weighted by molar-refractivity contribution is 14.1. The molecule has 1 aromatic carbocycles. The highest BCUT2D eigenvalue weighted by Crippen LogP contribution is 2.37. The maximum atomic E-state index is 11.1. The largest absolute Gasteiger partial charge is 0.491 e. The zero-order chi connectivity index (χ0) is 13.0. The van der Waals surface area contributed by atoms with Gasteiger partial charge in [0.05, 0.1) is 26.5 Å². The van der Waals surface area contributed by atoms with Gasteiger partial charge in [0.25, 0.3) is 0 Å². The lowest BCUT2D eigenvalue weighted by Gasteiger charge is -2.14. The van der Waals surface area contributed by atoms with E-state index in [2.05, 4.69) is 5.32 Å². The monoisotopic (exact) mass is 364 g/mol. The molecule has 0 aromatic heterocycles. The number of anilines is 1. The van der Waals surface area contributed by atoms with Gasteiger partial charge in [-0.3, -0.25) is 4.79 Å². The van der Waals surface area contributed by atoms with Gasteiger partial charge in [0.15, 0.2) is 5.75 Å². The third-order valence-corrected chi connectivity index (χ3v) is 3.21. The van der Waals surface area contributed by atoms with Crippen LogP contribution < -0.4 is 10.1 Å². The first-order valence-electron chi connectivity index (χ1n) is 4.83. The third kappa shape index (κ3) is 3.23. The molecule has 0 fully saturated rings. The SMILES string of the molecule is CCOc1c(NC(C)=O)cc(Cl)c(C#N)c1I. The lowest BCUT2D eigenvalue weighted by molar-refractivity contribution is -0.114. The van der Waals surface area contributed by atoms with Gasteiger partial charge in [0.1, 0.15) is 6.07 Å². The van der Waals surface area contributed by atoms with E-state index in [-0.39, 0.29) is 5.91 Å². The van der Waals surface area contributed by atoms with Crippen LogP contribution in [-0.2, 0) is 4.79 Å². The molecule has 0 heterocycles. The Labute approximate surface area is 118 Å². The van der Waals surface area contributed by atoms with E-state index in [0.717, 1.165) is 0 Å². The molecule has 0 aliphatic rings. The molecule has 0 atom stereocenters. The van der Waals surface area contributed by atoms with Gasteiger partial charge in [-0.25, -0.2) is 0 Å². The van der Waals surface area contributed by atoms with E-state index in [0.29, 0.717) is 32.2 Å². The molecule has 6 heteroatoms. The number of benzene rings is 1. The zero-order valence-corrected chi connectivity index (χ0v) is 12.2. The minimum atomic E-state index is -0.220. The van der Waals surface area contributed by atoms with Crippen LogP contribution in [0, 0.1) is 14.9 Å². The van der Waals surface area contributed by atoms with Gasteiger partial charge < -0.3 is 10.1 Å². The van der Waals surface area contributed by atoms with Crippen LogP contribution in [0.15, 0.2) is 6.07 Å². The van der Waals surface area contributed by atoms with Crippen LogP contribution in [-0.4, -0.2) is 12.5 Å². The number of nitrogens with one attached hydrogen (secondary N) is 1. The van der Waals surface area contributed by atoms with Crippen molar-refractivity contribution in [3.05, 3.63) is 20.2 Å². The molecule has 0 saturated carbocycles. The average molecular weight is 365 g/mol. The normalized spacial score (nSPS) is 9.59. The molecule has 0 radical (unpaired) electrons. The Bertz CT molecular complexity index is 497. The van der Waals surface area contributed by atoms with Crippen LogP contribution in [0.5, 0.6) is 5.75 Å². The zero-order valence-electron chi connectivity index (χ0n) is 9.30. The molecule has 1 aromatic rings. The summed E-state index contributed by atoms with van der Waals surface area (Å²) < 4.78 is 6.03. The van der Waals surface area contributed by atoms with Crippen LogP contribution in [0.3, 0.4) is 0 Å². The highest BCUT2D eigenvalue weighted by Gasteiger charge is 2.17. The minimum Gasteiger partial charge on any atom is -0.491 e. The smallest absolute Gasteiger partial charge is 0.221 e. The van der Waals surface area contributed by atoms with Gasteiger partial charge in [0.2, 0.25) is 5.91 Å². The van der Waals surface area contributed by atoms with Crippen molar-refractivity contribution in [1.29, 1.82) is 5.26 Å². The summed E-state index contributed by atoms with van der Waals surface area (Å²) in [7, 11) is 0. The summed E-state index contributed by atoms with van der Waals surface area (Å²) in [6, 6.07) is 3.53. The maximum Gasteiger partial charge on any atom is 0.221 e. The third-order valence-electron chi connectivity index (χ3n) is 1.88. The second-order valence-electron chi connectivity index (χ2n) is 3.15. The molecular formula is C11H10ClIN2O2. The second-order valence-corrected chi connectivity index (χ2v) is 4.64. The molecule has 1 N–H and O–H groups in total. The molecule has 0 aliphatic carbocycles. The lowest BCUT2D eigenvalue weighted by atomic mass is 10.2. The number of halogens is 2. The van der Waals surface area contributed by atoms with E-state index < -0.39 is 0 Å². The Morgan fingerprint density at radius 1 is 1.71 bits per heavy atom. The van der Waals surface area contributed by atoms with Gasteiger partial charge in [-0.1, -0.05) is 11.6 Å². The van der Waals surface area contributed by atoms with Crippen LogP contribution >= 0.6 is 34.2 Å². The molecule has 0 aliphatic heterocycles. The molecule has 1 amide bonds. The Kier molecular flexibility index (Phi) is 5.02. The van der Waals surface area contributed by atoms with E-state index in [1.165, 1.54) is 13.0 Å². The number of ether oxygens (including phenoxy) is 1. The summed E-state index contributed by atoms with van der Waals surface area (Å²) in [5.74, 6) is 0.256. The fourth-order valence-corrected chi connectivity index (χ4v) is 2.53. The number of carbonyl (C=O) groups excluding carboxylic acids is 1. The summed E-state index contributed by atoms with van der Waals surface area (Å²) >= 11 is 7.94. The van der Waals surface area contributed by atoms with Gasteiger partial charge in [-0.15, -0.1) is 0 Å². The van der Waals surface area contributed by atoms with Crippen molar-refractivity contribution in [3.63, 3.8) is 0 Å². The van der Waals surface area contributed by atoms with Crippen molar-refractivity contribution in [2.45, 2.75) is 13.8 Å². The number of hydrogen-bond donors (Lipinski definition) is 1. The lowest BCUT2D eigenvalue weighted by Crippen LogP contribution is -2.09. The molecule has 17 heavy (non-hydrogen) atoms. The first-order chi connectivity index (χ1) is 8.01. The van der Waals surface area contributed by atoms with Crippen molar-refractivity contribution in [2.75, 3.05) is 11.9 Å². The number of amides is 1. The Balaban J connectivity index is 3.39. The van der Waals surface area contributed by atoms with Crippen molar-refractivity contribution >= 4 is 45.8 Å². The Morgan fingerprint density at radius 2 is 2.35 bits per heavy atom. The molecule has 0 bridgehead atoms.